The zero-order valence-corrected chi connectivity index (χ0v) is 16.9. The Morgan fingerprint density at radius 2 is 1.52 bits per heavy atom. The van der Waals surface area contributed by atoms with Gasteiger partial charge in [-0.25, -0.2) is 14.8 Å². The number of carbonyl (C=O) groups is 2. The van der Waals surface area contributed by atoms with Gasteiger partial charge < -0.3 is 15.5 Å². The maximum Gasteiger partial charge on any atom is 0.337 e. The van der Waals surface area contributed by atoms with Crippen molar-refractivity contribution in [2.75, 3.05) is 6.54 Å². The number of halogens is 4. The first kappa shape index (κ1) is 23.4. The van der Waals surface area contributed by atoms with Crippen LogP contribution in [0.5, 0.6) is 0 Å². The molecular formula is C16H15Cl4N3O4. The molecule has 11 heteroatoms. The molecule has 0 radical (unpaired) electrons. The Bertz CT molecular complexity index is 820. The number of carboxylic acid groups (broad SMARTS) is 1. The molecule has 0 saturated carbocycles. The number of carbonyl (C=O) groups excluding carboxylic acids is 1. The topological polar surface area (TPSA) is 112 Å². The summed E-state index contributed by atoms with van der Waals surface area (Å²) in [7, 11) is 0. The summed E-state index contributed by atoms with van der Waals surface area (Å²) in [6.45, 7) is 2.03. The van der Waals surface area contributed by atoms with Crippen LogP contribution in [0.15, 0.2) is 24.5 Å². The number of nitrogens with zero attached hydrogens (tertiary/aromatic N) is 2. The number of rotatable bonds is 5. The molecule has 0 aliphatic rings. The monoisotopic (exact) mass is 453 g/mol. The highest BCUT2D eigenvalue weighted by Crippen LogP contribution is 2.20. The Morgan fingerprint density at radius 1 is 1.04 bits per heavy atom. The number of pyridine rings is 2. The Kier molecular flexibility index (Phi) is 9.76. The van der Waals surface area contributed by atoms with Crippen LogP contribution in [0.3, 0.4) is 0 Å². The van der Waals surface area contributed by atoms with Gasteiger partial charge in [-0.15, -0.1) is 0 Å². The standard InChI is InChI=1S/C10H12Cl2N2O2.C6H3Cl2NO2/c1-2-7(15)5-14-10(16)6-3-8(11)9(12)13-4-6;7-4-1-3(6(10)11)2-9-5(4)8/h3-4,7,15H,2,5H2,1H3,(H,14,16);1-2H,(H,10,11). The number of hydrogen-bond donors (Lipinski definition) is 3. The minimum Gasteiger partial charge on any atom is -0.478 e. The molecule has 2 aromatic rings. The maximum atomic E-state index is 11.6. The third-order valence-corrected chi connectivity index (χ3v) is 4.44. The second kappa shape index (κ2) is 11.3. The van der Waals surface area contributed by atoms with Crippen LogP contribution in [0.2, 0.25) is 20.4 Å². The molecule has 2 aromatic heterocycles. The summed E-state index contributed by atoms with van der Waals surface area (Å²) >= 11 is 22.3. The van der Waals surface area contributed by atoms with E-state index < -0.39 is 12.1 Å². The predicted octanol–water partition coefficient (Wildman–Crippen LogP) is 3.98. The van der Waals surface area contributed by atoms with Crippen molar-refractivity contribution in [1.29, 1.82) is 0 Å². The summed E-state index contributed by atoms with van der Waals surface area (Å²) in [5.74, 6) is -1.41. The first-order valence-corrected chi connectivity index (χ1v) is 8.98. The number of nitrogens with one attached hydrogen (secondary N) is 1. The fraction of sp³-hybridized carbons (Fsp3) is 0.250. The first-order chi connectivity index (χ1) is 12.6. The third kappa shape index (κ3) is 7.86. The molecule has 2 heterocycles. The third-order valence-electron chi connectivity index (χ3n) is 3.07. The van der Waals surface area contributed by atoms with Crippen LogP contribution in [0.4, 0.5) is 0 Å². The molecule has 0 bridgehead atoms. The van der Waals surface area contributed by atoms with Crippen LogP contribution < -0.4 is 5.32 Å². The van der Waals surface area contributed by atoms with Crippen LogP contribution in [-0.2, 0) is 0 Å². The minimum absolute atomic E-state index is 0.0272. The second-order valence-electron chi connectivity index (χ2n) is 5.07. The summed E-state index contributed by atoms with van der Waals surface area (Å²) in [5, 5.41) is 20.9. The van der Waals surface area contributed by atoms with Crippen molar-refractivity contribution in [2.24, 2.45) is 0 Å². The number of carboxylic acids is 1. The van der Waals surface area contributed by atoms with E-state index in [1.807, 2.05) is 6.92 Å². The Hall–Kier alpha value is -1.64. The van der Waals surface area contributed by atoms with Crippen molar-refractivity contribution in [3.8, 4) is 0 Å². The zero-order valence-electron chi connectivity index (χ0n) is 13.9. The summed E-state index contributed by atoms with van der Waals surface area (Å²) in [4.78, 5) is 29.2. The van der Waals surface area contributed by atoms with Crippen LogP contribution in [-0.4, -0.2) is 44.7 Å². The van der Waals surface area contributed by atoms with E-state index in [0.717, 1.165) is 6.20 Å². The van der Waals surface area contributed by atoms with E-state index in [-0.39, 0.29) is 38.4 Å². The predicted molar refractivity (Wildman–Crippen MR) is 104 cm³/mol. The highest BCUT2D eigenvalue weighted by molar-refractivity contribution is 6.41. The summed E-state index contributed by atoms with van der Waals surface area (Å²) in [6, 6.07) is 2.68. The molecule has 3 N–H and O–H groups in total. The molecule has 0 aliphatic heterocycles. The van der Waals surface area contributed by atoms with Crippen molar-refractivity contribution in [3.05, 3.63) is 56.0 Å². The lowest BCUT2D eigenvalue weighted by atomic mass is 10.2. The van der Waals surface area contributed by atoms with Crippen molar-refractivity contribution in [1.82, 2.24) is 15.3 Å². The van der Waals surface area contributed by atoms with Crippen molar-refractivity contribution in [3.63, 3.8) is 0 Å². The van der Waals surface area contributed by atoms with Crippen LogP contribution in [0.1, 0.15) is 34.1 Å². The second-order valence-corrected chi connectivity index (χ2v) is 6.60. The van der Waals surface area contributed by atoms with Gasteiger partial charge >= 0.3 is 5.97 Å². The molecule has 0 aromatic carbocycles. The van der Waals surface area contributed by atoms with Crippen LogP contribution in [0, 0.1) is 0 Å². The molecule has 2 rings (SSSR count). The van der Waals surface area contributed by atoms with Gasteiger partial charge in [-0.2, -0.15) is 0 Å². The van der Waals surface area contributed by atoms with Gasteiger partial charge in [-0.3, -0.25) is 4.79 Å². The van der Waals surface area contributed by atoms with E-state index in [4.69, 9.17) is 51.5 Å². The van der Waals surface area contributed by atoms with E-state index in [9.17, 15) is 14.7 Å². The molecule has 1 amide bonds. The quantitative estimate of drug-likeness (QED) is 0.589. The highest BCUT2D eigenvalue weighted by atomic mass is 35.5. The number of aliphatic hydroxyl groups is 1. The molecule has 0 aliphatic carbocycles. The molecule has 1 atom stereocenters. The fourth-order valence-corrected chi connectivity index (χ4v) is 2.08. The van der Waals surface area contributed by atoms with Gasteiger partial charge in [-0.05, 0) is 18.6 Å². The number of aromatic nitrogens is 2. The van der Waals surface area contributed by atoms with E-state index in [2.05, 4.69) is 15.3 Å². The lowest BCUT2D eigenvalue weighted by Gasteiger charge is -2.09. The van der Waals surface area contributed by atoms with Crippen LogP contribution >= 0.6 is 46.4 Å². The number of hydrogen-bond acceptors (Lipinski definition) is 5. The average molecular weight is 455 g/mol. The summed E-state index contributed by atoms with van der Waals surface area (Å²) in [5.41, 5.74) is 0.345. The van der Waals surface area contributed by atoms with Crippen molar-refractivity contribution < 1.29 is 19.8 Å². The van der Waals surface area contributed by atoms with E-state index in [1.54, 1.807) is 0 Å². The minimum atomic E-state index is -1.07. The summed E-state index contributed by atoms with van der Waals surface area (Å²) < 4.78 is 0. The molecule has 0 spiro atoms. The lowest BCUT2D eigenvalue weighted by Crippen LogP contribution is -2.31. The largest absolute Gasteiger partial charge is 0.478 e. The number of aliphatic hydroxyl groups excluding tert-OH is 1. The molecule has 0 fully saturated rings. The molecule has 146 valence electrons. The Morgan fingerprint density at radius 3 is 1.96 bits per heavy atom. The molecule has 7 nitrogen and oxygen atoms in total. The first-order valence-electron chi connectivity index (χ1n) is 7.47. The maximum absolute atomic E-state index is 11.6. The summed E-state index contributed by atoms with van der Waals surface area (Å²) in [6.07, 6.45) is 2.53. The van der Waals surface area contributed by atoms with E-state index >= 15 is 0 Å². The van der Waals surface area contributed by atoms with Gasteiger partial charge in [0.1, 0.15) is 10.3 Å². The normalized spacial score (nSPS) is 11.2. The van der Waals surface area contributed by atoms with Gasteiger partial charge in [0.05, 0.1) is 27.3 Å². The van der Waals surface area contributed by atoms with Crippen molar-refractivity contribution >= 4 is 58.3 Å². The number of aromatic carboxylic acids is 1. The smallest absolute Gasteiger partial charge is 0.337 e. The zero-order chi connectivity index (χ0) is 20.6. The lowest BCUT2D eigenvalue weighted by molar-refractivity contribution is 0.0696. The van der Waals surface area contributed by atoms with E-state index in [1.165, 1.54) is 18.3 Å². The van der Waals surface area contributed by atoms with Gasteiger partial charge in [0.15, 0.2) is 0 Å². The van der Waals surface area contributed by atoms with E-state index in [0.29, 0.717) is 12.0 Å². The SMILES string of the molecule is CCC(O)CNC(=O)c1cnc(Cl)c(Cl)c1.O=C(O)c1cnc(Cl)c(Cl)c1. The molecule has 1 unspecified atom stereocenters. The average Bonchev–Trinajstić information content (AvgIpc) is 2.64. The highest BCUT2D eigenvalue weighted by Gasteiger charge is 2.10. The van der Waals surface area contributed by atoms with Crippen molar-refractivity contribution in [2.45, 2.75) is 19.4 Å². The van der Waals surface area contributed by atoms with Gasteiger partial charge in [0.25, 0.3) is 5.91 Å². The Labute approximate surface area is 175 Å². The van der Waals surface area contributed by atoms with Gasteiger partial charge in [0.2, 0.25) is 0 Å². The van der Waals surface area contributed by atoms with Gasteiger partial charge in [-0.1, -0.05) is 53.3 Å². The number of amides is 1. The van der Waals surface area contributed by atoms with Crippen LogP contribution in [0.25, 0.3) is 0 Å². The van der Waals surface area contributed by atoms with Gasteiger partial charge in [0, 0.05) is 18.9 Å². The molecule has 0 saturated heterocycles. The molecule has 27 heavy (non-hydrogen) atoms. The molecular weight excluding hydrogens is 440 g/mol. The fourth-order valence-electron chi connectivity index (χ4n) is 1.54. The Balaban J connectivity index is 0.000000289.